The fourth-order valence-corrected chi connectivity index (χ4v) is 1.55. The van der Waals surface area contributed by atoms with Crippen molar-refractivity contribution in [1.82, 2.24) is 14.8 Å². The molecule has 0 spiro atoms. The molecule has 0 saturated heterocycles. The van der Waals surface area contributed by atoms with Gasteiger partial charge in [-0.3, -0.25) is 4.68 Å². The van der Waals surface area contributed by atoms with Gasteiger partial charge in [-0.2, -0.15) is 10.4 Å². The van der Waals surface area contributed by atoms with Crippen molar-refractivity contribution >= 4 is 5.69 Å². The van der Waals surface area contributed by atoms with Crippen molar-refractivity contribution in [3.8, 4) is 6.07 Å². The predicted octanol–water partition coefficient (Wildman–Crippen LogP) is 1.61. The number of anilines is 1. The number of nitrogens with zero attached hydrogens (tertiary/aromatic N) is 4. The molecule has 86 valence electrons. The van der Waals surface area contributed by atoms with Gasteiger partial charge in [0.2, 0.25) is 0 Å². The average molecular weight is 227 g/mol. The van der Waals surface area contributed by atoms with Crippen molar-refractivity contribution in [3.05, 3.63) is 41.5 Å². The highest BCUT2D eigenvalue weighted by Gasteiger charge is 2.01. The van der Waals surface area contributed by atoms with Gasteiger partial charge in [0.05, 0.1) is 18.2 Å². The van der Waals surface area contributed by atoms with Crippen LogP contribution in [-0.4, -0.2) is 14.8 Å². The van der Waals surface area contributed by atoms with Crippen LogP contribution in [0.4, 0.5) is 5.69 Å². The molecule has 0 saturated carbocycles. The lowest BCUT2D eigenvalue weighted by molar-refractivity contribution is 0.747. The van der Waals surface area contributed by atoms with Crippen LogP contribution in [0.25, 0.3) is 0 Å². The van der Waals surface area contributed by atoms with E-state index in [1.54, 1.807) is 11.0 Å². The van der Waals surface area contributed by atoms with E-state index >= 15 is 0 Å². The molecule has 0 aliphatic heterocycles. The number of nitriles is 1. The first-order valence-corrected chi connectivity index (χ1v) is 5.28. The summed E-state index contributed by atoms with van der Waals surface area (Å²) in [4.78, 5) is 4.12. The fraction of sp³-hybridized carbons (Fsp3) is 0.250. The summed E-state index contributed by atoms with van der Waals surface area (Å²) in [6.07, 6.45) is 1.67. The van der Waals surface area contributed by atoms with Crippen LogP contribution in [0, 0.1) is 18.3 Å². The van der Waals surface area contributed by atoms with E-state index in [1.165, 1.54) is 0 Å². The second kappa shape index (κ2) is 4.66. The standard InChI is InChI=1S/C12H13N5/c1-9-5-11(4-3-10(9)6-13)14-7-12-15-8-17(2)16-12/h3-5,8,14H,7H2,1-2H3. The molecule has 0 bridgehead atoms. The summed E-state index contributed by atoms with van der Waals surface area (Å²) in [7, 11) is 1.84. The van der Waals surface area contributed by atoms with E-state index in [2.05, 4.69) is 21.5 Å². The van der Waals surface area contributed by atoms with E-state index in [1.807, 2.05) is 32.2 Å². The smallest absolute Gasteiger partial charge is 0.169 e. The predicted molar refractivity (Wildman–Crippen MR) is 64.2 cm³/mol. The molecule has 1 heterocycles. The fourth-order valence-electron chi connectivity index (χ4n) is 1.55. The molecule has 1 N–H and O–H groups in total. The molecule has 0 amide bonds. The molecule has 5 heteroatoms. The second-order valence-electron chi connectivity index (χ2n) is 3.83. The summed E-state index contributed by atoms with van der Waals surface area (Å²) >= 11 is 0. The Balaban J connectivity index is 2.05. The normalized spacial score (nSPS) is 9.94. The molecular weight excluding hydrogens is 214 g/mol. The van der Waals surface area contributed by atoms with Crippen molar-refractivity contribution in [2.75, 3.05) is 5.32 Å². The lowest BCUT2D eigenvalue weighted by Gasteiger charge is -2.05. The molecular formula is C12H13N5. The number of hydrogen-bond donors (Lipinski definition) is 1. The minimum atomic E-state index is 0.576. The highest BCUT2D eigenvalue weighted by atomic mass is 15.3. The molecule has 0 radical (unpaired) electrons. The van der Waals surface area contributed by atoms with Crippen molar-refractivity contribution < 1.29 is 0 Å². The van der Waals surface area contributed by atoms with Crippen LogP contribution in [0.3, 0.4) is 0 Å². The molecule has 0 aliphatic rings. The largest absolute Gasteiger partial charge is 0.378 e. The van der Waals surface area contributed by atoms with Gasteiger partial charge in [-0.25, -0.2) is 4.98 Å². The Hall–Kier alpha value is -2.35. The Kier molecular flexibility index (Phi) is 3.06. The van der Waals surface area contributed by atoms with Gasteiger partial charge in [0, 0.05) is 12.7 Å². The van der Waals surface area contributed by atoms with Gasteiger partial charge in [-0.15, -0.1) is 0 Å². The van der Waals surface area contributed by atoms with E-state index in [9.17, 15) is 0 Å². The van der Waals surface area contributed by atoms with Crippen molar-refractivity contribution in [2.24, 2.45) is 7.05 Å². The quantitative estimate of drug-likeness (QED) is 0.865. The first kappa shape index (κ1) is 11.1. The zero-order valence-corrected chi connectivity index (χ0v) is 9.81. The van der Waals surface area contributed by atoms with E-state index < -0.39 is 0 Å². The van der Waals surface area contributed by atoms with Crippen LogP contribution in [-0.2, 0) is 13.6 Å². The van der Waals surface area contributed by atoms with Crippen LogP contribution >= 0.6 is 0 Å². The van der Waals surface area contributed by atoms with Crippen LogP contribution in [0.1, 0.15) is 17.0 Å². The van der Waals surface area contributed by atoms with Gasteiger partial charge in [0.1, 0.15) is 6.33 Å². The summed E-state index contributed by atoms with van der Waals surface area (Å²) in [5, 5.41) is 16.2. The van der Waals surface area contributed by atoms with Crippen molar-refractivity contribution in [3.63, 3.8) is 0 Å². The van der Waals surface area contributed by atoms with Gasteiger partial charge >= 0.3 is 0 Å². The minimum Gasteiger partial charge on any atom is -0.378 e. The molecule has 0 unspecified atom stereocenters. The third kappa shape index (κ3) is 2.61. The number of aromatic nitrogens is 3. The lowest BCUT2D eigenvalue weighted by atomic mass is 10.1. The monoisotopic (exact) mass is 227 g/mol. The maximum atomic E-state index is 8.83. The van der Waals surface area contributed by atoms with E-state index in [4.69, 9.17) is 5.26 Å². The second-order valence-corrected chi connectivity index (χ2v) is 3.83. The Labute approximate surface area is 99.7 Å². The Morgan fingerprint density at radius 1 is 1.47 bits per heavy atom. The van der Waals surface area contributed by atoms with Gasteiger partial charge in [-0.1, -0.05) is 0 Å². The molecule has 2 rings (SSSR count). The van der Waals surface area contributed by atoms with Gasteiger partial charge in [0.25, 0.3) is 0 Å². The third-order valence-electron chi connectivity index (χ3n) is 2.44. The number of rotatable bonds is 3. The molecule has 1 aromatic heterocycles. The van der Waals surface area contributed by atoms with Crippen LogP contribution < -0.4 is 5.32 Å². The summed E-state index contributed by atoms with van der Waals surface area (Å²) in [5.74, 6) is 0.745. The van der Waals surface area contributed by atoms with E-state index in [0.29, 0.717) is 12.1 Å². The molecule has 0 fully saturated rings. The SMILES string of the molecule is Cc1cc(NCc2ncn(C)n2)ccc1C#N. The van der Waals surface area contributed by atoms with Crippen LogP contribution in [0.5, 0.6) is 0 Å². The first-order chi connectivity index (χ1) is 8.19. The van der Waals surface area contributed by atoms with Gasteiger partial charge in [-0.05, 0) is 30.7 Å². The summed E-state index contributed by atoms with van der Waals surface area (Å²) in [6.45, 7) is 2.49. The van der Waals surface area contributed by atoms with E-state index in [0.717, 1.165) is 17.1 Å². The van der Waals surface area contributed by atoms with Crippen LogP contribution in [0.2, 0.25) is 0 Å². The minimum absolute atomic E-state index is 0.576. The molecule has 0 atom stereocenters. The lowest BCUT2D eigenvalue weighted by Crippen LogP contribution is -2.02. The highest BCUT2D eigenvalue weighted by molar-refractivity contribution is 5.51. The number of aryl methyl sites for hydroxylation is 2. The average Bonchev–Trinajstić information content (AvgIpc) is 2.73. The zero-order chi connectivity index (χ0) is 12.3. The number of hydrogen-bond acceptors (Lipinski definition) is 4. The molecule has 1 aromatic carbocycles. The topological polar surface area (TPSA) is 66.5 Å². The number of nitrogens with one attached hydrogen (secondary N) is 1. The molecule has 0 aliphatic carbocycles. The Morgan fingerprint density at radius 2 is 2.29 bits per heavy atom. The molecule has 17 heavy (non-hydrogen) atoms. The Morgan fingerprint density at radius 3 is 2.88 bits per heavy atom. The zero-order valence-electron chi connectivity index (χ0n) is 9.81. The van der Waals surface area contributed by atoms with Crippen LogP contribution in [0.15, 0.2) is 24.5 Å². The maximum Gasteiger partial charge on any atom is 0.169 e. The molecule has 5 nitrogen and oxygen atoms in total. The van der Waals surface area contributed by atoms with E-state index in [-0.39, 0.29) is 0 Å². The van der Waals surface area contributed by atoms with Gasteiger partial charge in [0.15, 0.2) is 5.82 Å². The molecule has 2 aromatic rings. The summed E-state index contributed by atoms with van der Waals surface area (Å²) in [6, 6.07) is 7.78. The van der Waals surface area contributed by atoms with Crippen molar-refractivity contribution in [2.45, 2.75) is 13.5 Å². The summed E-state index contributed by atoms with van der Waals surface area (Å²) < 4.78 is 1.67. The number of benzene rings is 1. The third-order valence-corrected chi connectivity index (χ3v) is 2.44. The van der Waals surface area contributed by atoms with Crippen molar-refractivity contribution in [1.29, 1.82) is 5.26 Å². The maximum absolute atomic E-state index is 8.83. The first-order valence-electron chi connectivity index (χ1n) is 5.28. The Bertz CT molecular complexity index is 565. The van der Waals surface area contributed by atoms with Gasteiger partial charge < -0.3 is 5.32 Å². The summed E-state index contributed by atoms with van der Waals surface area (Å²) in [5.41, 5.74) is 2.63. The highest BCUT2D eigenvalue weighted by Crippen LogP contribution is 2.14.